The lowest BCUT2D eigenvalue weighted by Crippen LogP contribution is -2.30. The molecular formula is C31H41N3O4. The molecule has 204 valence electrons. The number of hydrogen-bond acceptors (Lipinski definition) is 5. The summed E-state index contributed by atoms with van der Waals surface area (Å²) < 4.78 is 12.1. The Kier molecular flexibility index (Phi) is 8.65. The third-order valence-corrected chi connectivity index (χ3v) is 7.10. The van der Waals surface area contributed by atoms with Crippen molar-refractivity contribution in [2.75, 3.05) is 19.8 Å². The molecular weight excluding hydrogens is 478 g/mol. The van der Waals surface area contributed by atoms with Crippen LogP contribution in [0.25, 0.3) is 11.3 Å². The van der Waals surface area contributed by atoms with E-state index in [1.807, 2.05) is 56.0 Å². The van der Waals surface area contributed by atoms with Gasteiger partial charge in [-0.2, -0.15) is 5.10 Å². The highest BCUT2D eigenvalue weighted by atomic mass is 16.5. The SMILES string of the molecule is CCCCCN1C(=O)c2[nH]nc(-c3cc(C)cc(C)c3O)c2C1c1ccc(OCCC(C)C)c(OCC)c1. The number of rotatable bonds is 12. The van der Waals surface area contributed by atoms with Crippen molar-refractivity contribution in [1.82, 2.24) is 15.1 Å². The molecule has 7 nitrogen and oxygen atoms in total. The summed E-state index contributed by atoms with van der Waals surface area (Å²) in [5.41, 5.74) is 5.24. The number of hydrogen-bond donors (Lipinski definition) is 2. The van der Waals surface area contributed by atoms with Crippen molar-refractivity contribution >= 4 is 5.91 Å². The van der Waals surface area contributed by atoms with Gasteiger partial charge in [-0.15, -0.1) is 0 Å². The van der Waals surface area contributed by atoms with E-state index in [1.165, 1.54) is 0 Å². The lowest BCUT2D eigenvalue weighted by atomic mass is 9.93. The Hall–Kier alpha value is -3.48. The first-order valence-corrected chi connectivity index (χ1v) is 13.9. The van der Waals surface area contributed by atoms with Gasteiger partial charge in [-0.3, -0.25) is 9.89 Å². The van der Waals surface area contributed by atoms with Gasteiger partial charge in [-0.1, -0.05) is 45.7 Å². The maximum absolute atomic E-state index is 13.7. The fourth-order valence-corrected chi connectivity index (χ4v) is 5.14. The molecule has 2 N–H and O–H groups in total. The Morgan fingerprint density at radius 1 is 1.08 bits per heavy atom. The summed E-state index contributed by atoms with van der Waals surface area (Å²) in [5, 5.41) is 18.5. The minimum absolute atomic E-state index is 0.0704. The maximum Gasteiger partial charge on any atom is 0.273 e. The average molecular weight is 520 g/mol. The summed E-state index contributed by atoms with van der Waals surface area (Å²) in [6, 6.07) is 9.47. The number of phenolic OH excluding ortho intramolecular Hbond substituents is 1. The number of unbranched alkanes of at least 4 members (excludes halogenated alkanes) is 2. The van der Waals surface area contributed by atoms with Crippen LogP contribution in [0, 0.1) is 19.8 Å². The molecule has 0 saturated heterocycles. The van der Waals surface area contributed by atoms with Gasteiger partial charge in [0.1, 0.15) is 17.1 Å². The number of benzene rings is 2. The molecule has 1 unspecified atom stereocenters. The zero-order valence-electron chi connectivity index (χ0n) is 23.6. The molecule has 4 rings (SSSR count). The van der Waals surface area contributed by atoms with Crippen molar-refractivity contribution in [3.05, 3.63) is 58.3 Å². The minimum Gasteiger partial charge on any atom is -0.507 e. The molecule has 2 aromatic carbocycles. The number of carbonyl (C=O) groups is 1. The van der Waals surface area contributed by atoms with Crippen LogP contribution in [0.15, 0.2) is 30.3 Å². The van der Waals surface area contributed by atoms with Crippen molar-refractivity contribution in [3.63, 3.8) is 0 Å². The second kappa shape index (κ2) is 11.9. The normalized spacial score (nSPS) is 14.9. The van der Waals surface area contributed by atoms with Crippen molar-refractivity contribution in [2.24, 2.45) is 5.92 Å². The lowest BCUT2D eigenvalue weighted by molar-refractivity contribution is 0.0740. The second-order valence-electron chi connectivity index (χ2n) is 10.6. The predicted octanol–water partition coefficient (Wildman–Crippen LogP) is 6.96. The molecule has 3 aromatic rings. The van der Waals surface area contributed by atoms with Gasteiger partial charge in [0.2, 0.25) is 0 Å². The van der Waals surface area contributed by atoms with Gasteiger partial charge in [-0.25, -0.2) is 0 Å². The molecule has 1 aromatic heterocycles. The van der Waals surface area contributed by atoms with Crippen molar-refractivity contribution in [3.8, 4) is 28.5 Å². The highest BCUT2D eigenvalue weighted by Gasteiger charge is 2.42. The largest absolute Gasteiger partial charge is 0.507 e. The Balaban J connectivity index is 1.81. The molecule has 1 atom stereocenters. The molecule has 1 aliphatic heterocycles. The number of aromatic hydroxyl groups is 1. The summed E-state index contributed by atoms with van der Waals surface area (Å²) in [7, 11) is 0. The second-order valence-corrected chi connectivity index (χ2v) is 10.6. The molecule has 0 fully saturated rings. The highest BCUT2D eigenvalue weighted by Crippen LogP contribution is 2.46. The lowest BCUT2D eigenvalue weighted by Gasteiger charge is -2.27. The number of aryl methyl sites for hydroxylation is 2. The van der Waals surface area contributed by atoms with E-state index in [0.717, 1.165) is 47.9 Å². The number of fused-ring (bicyclic) bond motifs is 1. The van der Waals surface area contributed by atoms with Gasteiger partial charge in [0.05, 0.1) is 19.3 Å². The monoisotopic (exact) mass is 519 g/mol. The number of ether oxygens (including phenoxy) is 2. The Morgan fingerprint density at radius 2 is 1.87 bits per heavy atom. The van der Waals surface area contributed by atoms with Gasteiger partial charge in [-0.05, 0) is 74.4 Å². The van der Waals surface area contributed by atoms with E-state index in [0.29, 0.717) is 54.1 Å². The predicted molar refractivity (Wildman–Crippen MR) is 150 cm³/mol. The zero-order valence-corrected chi connectivity index (χ0v) is 23.6. The standard InChI is InChI=1S/C31H41N3O4/c1-7-9-10-14-34-29(22-11-12-24(25(18-22)37-8-2)38-15-13-19(3)4)26-27(32-33-28(26)31(34)36)23-17-20(5)16-21(6)30(23)35/h11-12,16-19,29,35H,7-10,13-15H2,1-6H3,(H,32,33). The Morgan fingerprint density at radius 3 is 2.58 bits per heavy atom. The van der Waals surface area contributed by atoms with Crippen LogP contribution in [0.3, 0.4) is 0 Å². The van der Waals surface area contributed by atoms with Gasteiger partial charge in [0.25, 0.3) is 5.91 Å². The number of phenols is 1. The van der Waals surface area contributed by atoms with Crippen LogP contribution in [0.2, 0.25) is 0 Å². The molecule has 1 aliphatic rings. The van der Waals surface area contributed by atoms with Crippen molar-refractivity contribution in [1.29, 1.82) is 0 Å². The summed E-state index contributed by atoms with van der Waals surface area (Å²) in [6.07, 6.45) is 3.98. The molecule has 2 heterocycles. The highest BCUT2D eigenvalue weighted by molar-refractivity contribution is 6.00. The third kappa shape index (κ3) is 5.52. The first kappa shape index (κ1) is 27.6. The Labute approximate surface area is 226 Å². The van der Waals surface area contributed by atoms with E-state index in [1.54, 1.807) is 0 Å². The molecule has 1 amide bonds. The average Bonchev–Trinajstić information content (AvgIpc) is 3.41. The smallest absolute Gasteiger partial charge is 0.273 e. The summed E-state index contributed by atoms with van der Waals surface area (Å²) >= 11 is 0. The summed E-state index contributed by atoms with van der Waals surface area (Å²) in [6.45, 7) is 14.1. The fourth-order valence-electron chi connectivity index (χ4n) is 5.14. The van der Waals surface area contributed by atoms with Gasteiger partial charge in [0, 0.05) is 17.7 Å². The molecule has 7 heteroatoms. The number of nitrogens with zero attached hydrogens (tertiary/aromatic N) is 2. The molecule has 0 spiro atoms. The van der Waals surface area contributed by atoms with E-state index >= 15 is 0 Å². The molecule has 0 saturated carbocycles. The summed E-state index contributed by atoms with van der Waals surface area (Å²) in [5.74, 6) is 2.04. The maximum atomic E-state index is 13.7. The summed E-state index contributed by atoms with van der Waals surface area (Å²) in [4.78, 5) is 15.6. The zero-order chi connectivity index (χ0) is 27.4. The van der Waals surface area contributed by atoms with Crippen LogP contribution in [-0.4, -0.2) is 45.9 Å². The van der Waals surface area contributed by atoms with Gasteiger partial charge < -0.3 is 19.5 Å². The van der Waals surface area contributed by atoms with E-state index in [2.05, 4.69) is 31.0 Å². The minimum atomic E-state index is -0.354. The van der Waals surface area contributed by atoms with Crippen LogP contribution in [0.1, 0.15) is 92.2 Å². The van der Waals surface area contributed by atoms with E-state index in [-0.39, 0.29) is 17.7 Å². The van der Waals surface area contributed by atoms with Crippen molar-refractivity contribution < 1.29 is 19.4 Å². The number of H-pyrrole nitrogens is 1. The number of aromatic nitrogens is 2. The number of nitrogens with one attached hydrogen (secondary N) is 1. The van der Waals surface area contributed by atoms with Crippen LogP contribution in [0.4, 0.5) is 0 Å². The molecule has 0 bridgehead atoms. The van der Waals surface area contributed by atoms with Crippen molar-refractivity contribution in [2.45, 2.75) is 73.3 Å². The molecule has 38 heavy (non-hydrogen) atoms. The number of carbonyl (C=O) groups excluding carboxylic acids is 1. The fraction of sp³-hybridized carbons (Fsp3) is 0.484. The number of amides is 1. The van der Waals surface area contributed by atoms with E-state index in [9.17, 15) is 9.90 Å². The van der Waals surface area contributed by atoms with E-state index in [4.69, 9.17) is 9.47 Å². The third-order valence-electron chi connectivity index (χ3n) is 7.10. The van der Waals surface area contributed by atoms with Crippen LogP contribution in [-0.2, 0) is 0 Å². The quantitative estimate of drug-likeness (QED) is 0.253. The van der Waals surface area contributed by atoms with Gasteiger partial charge >= 0.3 is 0 Å². The Bertz CT molecular complexity index is 1280. The number of aromatic amines is 1. The topological polar surface area (TPSA) is 87.7 Å². The van der Waals surface area contributed by atoms with Crippen LogP contribution in [0.5, 0.6) is 17.2 Å². The molecule has 0 aliphatic carbocycles. The first-order valence-electron chi connectivity index (χ1n) is 13.9. The molecule has 0 radical (unpaired) electrons. The first-order chi connectivity index (χ1) is 18.3. The van der Waals surface area contributed by atoms with Crippen LogP contribution >= 0.6 is 0 Å². The van der Waals surface area contributed by atoms with Gasteiger partial charge in [0.15, 0.2) is 11.5 Å². The van der Waals surface area contributed by atoms with Crippen LogP contribution < -0.4 is 9.47 Å². The van der Waals surface area contributed by atoms with E-state index < -0.39 is 0 Å².